The number of hydrogen-bond donors (Lipinski definition) is 1. The molecule has 0 aliphatic heterocycles. The average molecular weight is 298 g/mol. The van der Waals surface area contributed by atoms with Gasteiger partial charge in [0.15, 0.2) is 5.82 Å². The summed E-state index contributed by atoms with van der Waals surface area (Å²) in [7, 11) is 0. The molecule has 0 aliphatic rings. The van der Waals surface area contributed by atoms with Gasteiger partial charge in [-0.05, 0) is 22.4 Å². The lowest BCUT2D eigenvalue weighted by Crippen LogP contribution is -2.04. The van der Waals surface area contributed by atoms with Crippen LogP contribution < -0.4 is 5.32 Å². The predicted octanol–water partition coefficient (Wildman–Crippen LogP) is 3.79. The van der Waals surface area contributed by atoms with Gasteiger partial charge in [0.05, 0.1) is 0 Å². The molecule has 1 N–H and O–H groups in total. The van der Waals surface area contributed by atoms with Crippen molar-refractivity contribution in [3.63, 3.8) is 0 Å². The summed E-state index contributed by atoms with van der Waals surface area (Å²) >= 11 is 5.17. The predicted molar refractivity (Wildman–Crippen MR) is 71.8 cm³/mol. The normalized spacial score (nSPS) is 10.4. The number of hydrogen-bond acceptors (Lipinski definition) is 4. The van der Waals surface area contributed by atoms with E-state index in [9.17, 15) is 0 Å². The quantitative estimate of drug-likeness (QED) is 0.933. The number of rotatable bonds is 4. The molecule has 5 heteroatoms. The average Bonchev–Trinajstić information content (AvgIpc) is 2.73. The summed E-state index contributed by atoms with van der Waals surface area (Å²) in [6.45, 7) is 3.04. The highest BCUT2D eigenvalue weighted by atomic mass is 79.9. The molecule has 2 aromatic rings. The second-order valence-corrected chi connectivity index (χ2v) is 4.91. The van der Waals surface area contributed by atoms with Gasteiger partial charge in [0.1, 0.15) is 5.69 Å². The monoisotopic (exact) mass is 297 g/mol. The van der Waals surface area contributed by atoms with Crippen LogP contribution in [0.1, 0.15) is 13.3 Å². The lowest BCUT2D eigenvalue weighted by Gasteiger charge is -2.08. The molecule has 2 aromatic heterocycles. The third kappa shape index (κ3) is 2.41. The van der Waals surface area contributed by atoms with E-state index >= 15 is 0 Å². The van der Waals surface area contributed by atoms with Gasteiger partial charge < -0.3 is 5.32 Å². The van der Waals surface area contributed by atoms with Crippen molar-refractivity contribution in [3.05, 3.63) is 27.6 Å². The zero-order valence-electron chi connectivity index (χ0n) is 8.90. The standard InChI is InChI=1S/C11H12BrN3S/c1-2-3-14-11-10(13-4-5-15-11)8-6-16-7-9(8)12/h4-7H,2-3H2,1H3,(H,14,15). The van der Waals surface area contributed by atoms with E-state index in [0.29, 0.717) is 0 Å². The molecule has 3 nitrogen and oxygen atoms in total. The molecule has 0 saturated carbocycles. The number of aromatic nitrogens is 2. The Labute approximate surface area is 107 Å². The molecule has 0 atom stereocenters. The van der Waals surface area contributed by atoms with Crippen molar-refractivity contribution < 1.29 is 0 Å². The Kier molecular flexibility index (Phi) is 3.90. The highest BCUT2D eigenvalue weighted by Crippen LogP contribution is 2.33. The zero-order chi connectivity index (χ0) is 11.4. The third-order valence-electron chi connectivity index (χ3n) is 2.11. The van der Waals surface area contributed by atoms with E-state index in [1.807, 2.05) is 5.38 Å². The molecule has 0 spiro atoms. The van der Waals surface area contributed by atoms with Crippen LogP contribution in [0.3, 0.4) is 0 Å². The van der Waals surface area contributed by atoms with Crippen molar-refractivity contribution in [1.82, 2.24) is 9.97 Å². The van der Waals surface area contributed by atoms with Gasteiger partial charge >= 0.3 is 0 Å². The van der Waals surface area contributed by atoms with Gasteiger partial charge in [0.25, 0.3) is 0 Å². The lowest BCUT2D eigenvalue weighted by molar-refractivity contribution is 0.966. The van der Waals surface area contributed by atoms with Crippen molar-refractivity contribution >= 4 is 33.1 Å². The van der Waals surface area contributed by atoms with Crippen LogP contribution in [0.4, 0.5) is 5.82 Å². The summed E-state index contributed by atoms with van der Waals surface area (Å²) in [5.74, 6) is 0.850. The Morgan fingerprint density at radius 1 is 1.31 bits per heavy atom. The Balaban J connectivity index is 2.37. The van der Waals surface area contributed by atoms with Crippen LogP contribution in [-0.4, -0.2) is 16.5 Å². The first-order valence-corrected chi connectivity index (χ1v) is 6.83. The zero-order valence-corrected chi connectivity index (χ0v) is 11.3. The number of thiophene rings is 1. The largest absolute Gasteiger partial charge is 0.368 e. The molecule has 16 heavy (non-hydrogen) atoms. The first kappa shape index (κ1) is 11.5. The topological polar surface area (TPSA) is 37.8 Å². The van der Waals surface area contributed by atoms with E-state index in [4.69, 9.17) is 0 Å². The van der Waals surface area contributed by atoms with Gasteiger partial charge in [-0.3, -0.25) is 4.98 Å². The molecule has 0 amide bonds. The molecule has 0 unspecified atom stereocenters. The van der Waals surface area contributed by atoms with E-state index in [1.165, 1.54) is 0 Å². The third-order valence-corrected chi connectivity index (χ3v) is 3.81. The van der Waals surface area contributed by atoms with Crippen molar-refractivity contribution in [1.29, 1.82) is 0 Å². The maximum atomic E-state index is 4.39. The number of halogens is 1. The molecule has 2 rings (SSSR count). The van der Waals surface area contributed by atoms with Gasteiger partial charge in [0, 0.05) is 39.7 Å². The first-order valence-electron chi connectivity index (χ1n) is 5.10. The molecule has 2 heterocycles. The summed E-state index contributed by atoms with van der Waals surface area (Å²) in [6.07, 6.45) is 4.50. The smallest absolute Gasteiger partial charge is 0.152 e. The fourth-order valence-corrected chi connectivity index (χ4v) is 2.83. The summed E-state index contributed by atoms with van der Waals surface area (Å²) in [6, 6.07) is 0. The van der Waals surface area contributed by atoms with Crippen LogP contribution in [0.25, 0.3) is 11.3 Å². The van der Waals surface area contributed by atoms with Crippen molar-refractivity contribution in [3.8, 4) is 11.3 Å². The van der Waals surface area contributed by atoms with Gasteiger partial charge in [-0.25, -0.2) is 4.98 Å². The van der Waals surface area contributed by atoms with Gasteiger partial charge in [-0.15, -0.1) is 0 Å². The molecule has 84 valence electrons. The second-order valence-electron chi connectivity index (χ2n) is 3.31. The second kappa shape index (κ2) is 5.41. The lowest BCUT2D eigenvalue weighted by atomic mass is 10.2. The Bertz CT molecular complexity index is 470. The van der Waals surface area contributed by atoms with Crippen LogP contribution >= 0.6 is 27.3 Å². The molecular formula is C11H12BrN3S. The molecule has 0 saturated heterocycles. The van der Waals surface area contributed by atoms with Crippen molar-refractivity contribution in [2.45, 2.75) is 13.3 Å². The van der Waals surface area contributed by atoms with Gasteiger partial charge in [-0.1, -0.05) is 6.92 Å². The highest BCUT2D eigenvalue weighted by molar-refractivity contribution is 9.10. The van der Waals surface area contributed by atoms with E-state index < -0.39 is 0 Å². The molecular weight excluding hydrogens is 286 g/mol. The molecule has 0 aliphatic carbocycles. The summed E-state index contributed by atoms with van der Waals surface area (Å²) < 4.78 is 1.07. The number of nitrogens with one attached hydrogen (secondary N) is 1. The number of anilines is 1. The van der Waals surface area contributed by atoms with Crippen LogP contribution in [0.5, 0.6) is 0 Å². The Morgan fingerprint density at radius 2 is 2.12 bits per heavy atom. The van der Waals surface area contributed by atoms with E-state index in [2.05, 4.69) is 43.5 Å². The molecule has 0 fully saturated rings. The Hall–Kier alpha value is -0.940. The highest BCUT2D eigenvalue weighted by Gasteiger charge is 2.10. The van der Waals surface area contributed by atoms with Crippen LogP contribution in [0, 0.1) is 0 Å². The molecule has 0 aromatic carbocycles. The minimum atomic E-state index is 0.850. The minimum Gasteiger partial charge on any atom is -0.368 e. The minimum absolute atomic E-state index is 0.850. The Morgan fingerprint density at radius 3 is 2.81 bits per heavy atom. The number of nitrogens with zero attached hydrogens (tertiary/aromatic N) is 2. The maximum Gasteiger partial charge on any atom is 0.152 e. The molecule has 0 bridgehead atoms. The maximum absolute atomic E-state index is 4.39. The molecule has 0 radical (unpaired) electrons. The summed E-state index contributed by atoms with van der Waals surface area (Å²) in [4.78, 5) is 8.71. The SMILES string of the molecule is CCCNc1nccnc1-c1cscc1Br. The van der Waals surface area contributed by atoms with E-state index in [0.717, 1.165) is 34.5 Å². The van der Waals surface area contributed by atoms with E-state index in [-0.39, 0.29) is 0 Å². The van der Waals surface area contributed by atoms with Crippen LogP contribution in [0.2, 0.25) is 0 Å². The summed E-state index contributed by atoms with van der Waals surface area (Å²) in [5.41, 5.74) is 2.00. The van der Waals surface area contributed by atoms with Gasteiger partial charge in [-0.2, -0.15) is 11.3 Å². The van der Waals surface area contributed by atoms with Crippen LogP contribution in [0.15, 0.2) is 27.6 Å². The van der Waals surface area contributed by atoms with Gasteiger partial charge in [0.2, 0.25) is 0 Å². The fourth-order valence-electron chi connectivity index (χ4n) is 1.36. The summed E-state index contributed by atoms with van der Waals surface area (Å²) in [5, 5.41) is 7.41. The van der Waals surface area contributed by atoms with Crippen molar-refractivity contribution in [2.24, 2.45) is 0 Å². The fraction of sp³-hybridized carbons (Fsp3) is 0.273. The van der Waals surface area contributed by atoms with Crippen LogP contribution in [-0.2, 0) is 0 Å². The van der Waals surface area contributed by atoms with E-state index in [1.54, 1.807) is 23.7 Å². The van der Waals surface area contributed by atoms with Crippen molar-refractivity contribution in [2.75, 3.05) is 11.9 Å². The first-order chi connectivity index (χ1) is 7.83.